The van der Waals surface area contributed by atoms with Crippen LogP contribution in [0.15, 0.2) is 71.6 Å². The van der Waals surface area contributed by atoms with Crippen LogP contribution in [-0.4, -0.2) is 24.9 Å². The fraction of sp³-hybridized carbons (Fsp3) is 0.174. The molecule has 0 saturated carbocycles. The topological polar surface area (TPSA) is 106 Å². The van der Waals surface area contributed by atoms with Gasteiger partial charge in [-0.1, -0.05) is 18.2 Å². The molecule has 3 aromatic carbocycles. The Bertz CT molecular complexity index is 1380. The number of carbonyl (C=O) groups excluding carboxylic acids is 1. The number of nitrogens with two attached hydrogens (primary N) is 1. The van der Waals surface area contributed by atoms with Crippen LogP contribution in [0.4, 0.5) is 11.4 Å². The number of hydrogen-bond donors (Lipinski definition) is 3. The average Bonchev–Trinajstić information content (AvgIpc) is 3.06. The monoisotopic (exact) mass is 436 g/mol. The first-order valence-corrected chi connectivity index (χ1v) is 11.5. The smallest absolute Gasteiger partial charge is 0.246 e. The van der Waals surface area contributed by atoms with E-state index in [4.69, 9.17) is 5.14 Å². The van der Waals surface area contributed by atoms with Crippen molar-refractivity contribution in [1.82, 2.24) is 4.57 Å². The van der Waals surface area contributed by atoms with E-state index < -0.39 is 16.1 Å². The van der Waals surface area contributed by atoms with Gasteiger partial charge in [-0.2, -0.15) is 0 Å². The molecule has 0 spiro atoms. The molecule has 1 atom stereocenters. The zero-order chi connectivity index (χ0) is 22.2. The number of fused-ring (bicyclic) bond motifs is 3. The van der Waals surface area contributed by atoms with Crippen molar-refractivity contribution in [3.05, 3.63) is 66.7 Å². The van der Waals surface area contributed by atoms with Crippen molar-refractivity contribution in [2.24, 2.45) is 5.14 Å². The molecular formula is C23H24N4O3S. The lowest BCUT2D eigenvalue weighted by atomic mass is 10.1. The van der Waals surface area contributed by atoms with Crippen LogP contribution in [0.2, 0.25) is 0 Å². The van der Waals surface area contributed by atoms with Gasteiger partial charge < -0.3 is 15.2 Å². The van der Waals surface area contributed by atoms with Gasteiger partial charge in [-0.25, -0.2) is 13.6 Å². The van der Waals surface area contributed by atoms with Crippen LogP contribution in [0, 0.1) is 0 Å². The molecule has 1 aromatic heterocycles. The third kappa shape index (κ3) is 4.12. The van der Waals surface area contributed by atoms with Crippen molar-refractivity contribution in [2.75, 3.05) is 10.6 Å². The Labute approximate surface area is 180 Å². The highest BCUT2D eigenvalue weighted by Crippen LogP contribution is 2.31. The van der Waals surface area contributed by atoms with Crippen LogP contribution in [0.3, 0.4) is 0 Å². The maximum Gasteiger partial charge on any atom is 0.246 e. The number of primary sulfonamides is 1. The van der Waals surface area contributed by atoms with Gasteiger partial charge in [-0.3, -0.25) is 4.79 Å². The van der Waals surface area contributed by atoms with E-state index in [-0.39, 0.29) is 10.8 Å². The Balaban J connectivity index is 1.53. The van der Waals surface area contributed by atoms with Gasteiger partial charge in [0.1, 0.15) is 6.04 Å². The van der Waals surface area contributed by atoms with E-state index in [0.717, 1.165) is 23.1 Å². The van der Waals surface area contributed by atoms with Gasteiger partial charge in [-0.05, 0) is 62.4 Å². The Morgan fingerprint density at radius 2 is 1.61 bits per heavy atom. The molecule has 0 bridgehead atoms. The molecule has 1 amide bonds. The summed E-state index contributed by atoms with van der Waals surface area (Å²) in [6, 6.07) is 19.6. The van der Waals surface area contributed by atoms with Gasteiger partial charge in [-0.15, -0.1) is 0 Å². The summed E-state index contributed by atoms with van der Waals surface area (Å²) in [5.41, 5.74) is 3.68. The van der Waals surface area contributed by atoms with E-state index in [1.807, 2.05) is 18.2 Å². The van der Waals surface area contributed by atoms with Crippen LogP contribution in [-0.2, 0) is 21.4 Å². The second kappa shape index (κ2) is 8.05. The number of anilines is 2. The Kier molecular flexibility index (Phi) is 5.43. The highest BCUT2D eigenvalue weighted by atomic mass is 32.2. The molecule has 4 N–H and O–H groups in total. The summed E-state index contributed by atoms with van der Waals surface area (Å²) in [4.78, 5) is 12.6. The number of nitrogens with one attached hydrogen (secondary N) is 2. The molecule has 0 aliphatic rings. The van der Waals surface area contributed by atoms with Crippen LogP contribution >= 0.6 is 0 Å². The molecule has 0 aliphatic carbocycles. The van der Waals surface area contributed by atoms with Gasteiger partial charge in [0.2, 0.25) is 15.9 Å². The summed E-state index contributed by atoms with van der Waals surface area (Å²) in [5, 5.41) is 13.4. The molecule has 8 heteroatoms. The highest BCUT2D eigenvalue weighted by molar-refractivity contribution is 7.89. The van der Waals surface area contributed by atoms with Gasteiger partial charge in [0, 0.05) is 39.7 Å². The molecule has 7 nitrogen and oxygen atoms in total. The number of carbonyl (C=O) groups is 1. The van der Waals surface area contributed by atoms with Crippen LogP contribution in [0.5, 0.6) is 0 Å². The number of rotatable bonds is 6. The van der Waals surface area contributed by atoms with E-state index in [9.17, 15) is 13.2 Å². The Morgan fingerprint density at radius 3 is 2.29 bits per heavy atom. The summed E-state index contributed by atoms with van der Waals surface area (Å²) < 4.78 is 25.0. The summed E-state index contributed by atoms with van der Waals surface area (Å²) in [6.45, 7) is 4.77. The average molecular weight is 437 g/mol. The SMILES string of the molecule is CCn1c2ccccc2c2cc(N[C@H](C)C(=O)Nc3ccc(S(N)(=O)=O)cc3)ccc21. The zero-order valence-corrected chi connectivity index (χ0v) is 18.1. The molecule has 160 valence electrons. The van der Waals surface area contributed by atoms with Crippen molar-refractivity contribution in [3.63, 3.8) is 0 Å². The first-order chi connectivity index (χ1) is 14.8. The van der Waals surface area contributed by atoms with Crippen LogP contribution in [0.25, 0.3) is 21.8 Å². The van der Waals surface area contributed by atoms with Crippen molar-refractivity contribution >= 4 is 49.1 Å². The first-order valence-electron chi connectivity index (χ1n) is 9.99. The lowest BCUT2D eigenvalue weighted by Crippen LogP contribution is -2.31. The standard InChI is InChI=1S/C23H24N4O3S/c1-3-27-21-7-5-4-6-19(21)20-14-17(10-13-22(20)27)25-15(2)23(28)26-16-8-11-18(12-9-16)31(24,29)30/h4-15,25H,3H2,1-2H3,(H,26,28)(H2,24,29,30)/t15-/m1/s1. The number of aryl methyl sites for hydroxylation is 1. The van der Waals surface area contributed by atoms with Crippen LogP contribution < -0.4 is 15.8 Å². The van der Waals surface area contributed by atoms with Gasteiger partial charge >= 0.3 is 0 Å². The predicted octanol–water partition coefficient (Wildman–Crippen LogP) is 3.90. The molecule has 0 unspecified atom stereocenters. The van der Waals surface area contributed by atoms with E-state index in [1.54, 1.807) is 6.92 Å². The Hall–Kier alpha value is -3.36. The number of para-hydroxylation sites is 1. The maximum absolute atomic E-state index is 12.6. The molecule has 4 rings (SSSR count). The molecular weight excluding hydrogens is 412 g/mol. The fourth-order valence-corrected chi connectivity index (χ4v) is 4.29. The van der Waals surface area contributed by atoms with E-state index in [1.165, 1.54) is 35.2 Å². The summed E-state index contributed by atoms with van der Waals surface area (Å²) in [7, 11) is -3.77. The van der Waals surface area contributed by atoms with Gasteiger partial charge in [0.25, 0.3) is 0 Å². The lowest BCUT2D eigenvalue weighted by Gasteiger charge is -2.16. The largest absolute Gasteiger partial charge is 0.374 e. The minimum absolute atomic E-state index is 0.00350. The molecule has 0 fully saturated rings. The quantitative estimate of drug-likeness (QED) is 0.426. The molecule has 1 heterocycles. The van der Waals surface area contributed by atoms with E-state index >= 15 is 0 Å². The first kappa shape index (κ1) is 20.9. The number of benzene rings is 3. The highest BCUT2D eigenvalue weighted by Gasteiger charge is 2.15. The number of amides is 1. The normalized spacial score (nSPS) is 12.7. The minimum atomic E-state index is -3.77. The second-order valence-electron chi connectivity index (χ2n) is 7.42. The molecule has 0 radical (unpaired) electrons. The number of hydrogen-bond acceptors (Lipinski definition) is 4. The number of aromatic nitrogens is 1. The van der Waals surface area contributed by atoms with Crippen molar-refractivity contribution in [2.45, 2.75) is 31.3 Å². The predicted molar refractivity (Wildman–Crippen MR) is 125 cm³/mol. The summed E-state index contributed by atoms with van der Waals surface area (Å²) in [6.07, 6.45) is 0. The number of sulfonamides is 1. The maximum atomic E-state index is 12.6. The molecule has 4 aromatic rings. The molecule has 0 aliphatic heterocycles. The van der Waals surface area contributed by atoms with Gasteiger partial charge in [0.05, 0.1) is 4.90 Å². The molecule has 31 heavy (non-hydrogen) atoms. The third-order valence-corrected chi connectivity index (χ3v) is 6.24. The van der Waals surface area contributed by atoms with Crippen molar-refractivity contribution in [1.29, 1.82) is 0 Å². The van der Waals surface area contributed by atoms with Crippen LogP contribution in [0.1, 0.15) is 13.8 Å². The molecule has 0 saturated heterocycles. The summed E-state index contributed by atoms with van der Waals surface area (Å²) in [5.74, 6) is -0.237. The minimum Gasteiger partial charge on any atom is -0.374 e. The van der Waals surface area contributed by atoms with Crippen molar-refractivity contribution < 1.29 is 13.2 Å². The second-order valence-corrected chi connectivity index (χ2v) is 8.98. The third-order valence-electron chi connectivity index (χ3n) is 5.32. The fourth-order valence-electron chi connectivity index (χ4n) is 3.78. The number of nitrogens with zero attached hydrogens (tertiary/aromatic N) is 1. The lowest BCUT2D eigenvalue weighted by molar-refractivity contribution is -0.116. The van der Waals surface area contributed by atoms with Gasteiger partial charge in [0.15, 0.2) is 0 Å². The zero-order valence-electron chi connectivity index (χ0n) is 17.3. The van der Waals surface area contributed by atoms with E-state index in [0.29, 0.717) is 5.69 Å². The summed E-state index contributed by atoms with van der Waals surface area (Å²) >= 11 is 0. The van der Waals surface area contributed by atoms with Crippen molar-refractivity contribution in [3.8, 4) is 0 Å². The van der Waals surface area contributed by atoms with E-state index in [2.05, 4.69) is 46.4 Å². The Morgan fingerprint density at radius 1 is 0.968 bits per heavy atom.